The minimum absolute atomic E-state index is 0.256. The molecule has 0 aliphatic heterocycles. The van der Waals surface area contributed by atoms with Gasteiger partial charge >= 0.3 is 5.97 Å². The average molecular weight is 166 g/mol. The number of carboxylic acids is 1. The van der Waals surface area contributed by atoms with Crippen molar-refractivity contribution in [2.75, 3.05) is 0 Å². The molecule has 4 fully saturated rings. The molecule has 4 bridgehead atoms. The maximum Gasteiger partial charge on any atom is 0.309 e. The van der Waals surface area contributed by atoms with Crippen molar-refractivity contribution in [3.63, 3.8) is 0 Å². The Balaban J connectivity index is 2.03. The van der Waals surface area contributed by atoms with E-state index >= 15 is 0 Å². The monoisotopic (exact) mass is 166 g/mol. The van der Waals surface area contributed by atoms with Crippen molar-refractivity contribution in [3.8, 4) is 0 Å². The zero-order valence-corrected chi connectivity index (χ0v) is 7.12. The van der Waals surface area contributed by atoms with Gasteiger partial charge in [-0.1, -0.05) is 0 Å². The molecule has 0 aromatic rings. The molecular weight excluding hydrogens is 152 g/mol. The molecule has 4 aliphatic rings. The summed E-state index contributed by atoms with van der Waals surface area (Å²) >= 11 is 0. The lowest BCUT2D eigenvalue weighted by atomic mass is 9.76. The number of rotatable bonds is 1. The fraction of sp³-hybridized carbons (Fsp3) is 0.900. The highest BCUT2D eigenvalue weighted by Crippen LogP contribution is 2.65. The first-order valence-corrected chi connectivity index (χ1v) is 4.94. The summed E-state index contributed by atoms with van der Waals surface area (Å²) in [5.74, 6) is 1.56. The molecule has 4 rings (SSSR count). The summed E-state index contributed by atoms with van der Waals surface area (Å²) in [5, 5.41) is 9.21. The second kappa shape index (κ2) is 1.86. The lowest BCUT2D eigenvalue weighted by Gasteiger charge is -2.28. The molecule has 0 amide bonds. The van der Waals surface area contributed by atoms with E-state index in [9.17, 15) is 9.90 Å². The SMILES string of the molecule is O=C(O)C12C[C@H]3CC1C[C@@H](C3)C2. The maximum absolute atomic E-state index is 11.2. The maximum atomic E-state index is 11.2. The van der Waals surface area contributed by atoms with Crippen LogP contribution in [0.1, 0.15) is 32.1 Å². The normalized spacial score (nSPS) is 54.8. The third-order valence-corrected chi connectivity index (χ3v) is 4.42. The lowest BCUT2D eigenvalue weighted by molar-refractivity contribution is -0.150. The molecule has 4 aliphatic carbocycles. The van der Waals surface area contributed by atoms with Gasteiger partial charge in [0.1, 0.15) is 0 Å². The van der Waals surface area contributed by atoms with Crippen LogP contribution < -0.4 is 0 Å². The summed E-state index contributed by atoms with van der Waals surface area (Å²) in [5.41, 5.74) is -0.256. The first-order chi connectivity index (χ1) is 5.71. The fourth-order valence-corrected chi connectivity index (χ4v) is 4.15. The van der Waals surface area contributed by atoms with E-state index in [-0.39, 0.29) is 5.41 Å². The summed E-state index contributed by atoms with van der Waals surface area (Å²) < 4.78 is 0. The molecule has 4 saturated carbocycles. The van der Waals surface area contributed by atoms with Gasteiger partial charge in [-0.05, 0) is 49.9 Å². The second-order valence-corrected chi connectivity index (χ2v) is 5.01. The quantitative estimate of drug-likeness (QED) is 0.646. The van der Waals surface area contributed by atoms with E-state index in [4.69, 9.17) is 0 Å². The van der Waals surface area contributed by atoms with E-state index in [2.05, 4.69) is 0 Å². The van der Waals surface area contributed by atoms with E-state index in [1.165, 1.54) is 19.3 Å². The topological polar surface area (TPSA) is 37.3 Å². The standard InChI is InChI=1S/C10H14O2/c11-9(12)10-4-6-1-7(5-10)3-8(10)2-6/h6-8H,1-5H2,(H,11,12)/t6-,7-,8?,10?/m1/s1. The van der Waals surface area contributed by atoms with Gasteiger partial charge in [-0.25, -0.2) is 0 Å². The third-order valence-electron chi connectivity index (χ3n) is 4.42. The first-order valence-electron chi connectivity index (χ1n) is 4.94. The molecule has 0 aromatic carbocycles. The summed E-state index contributed by atoms with van der Waals surface area (Å²) in [4.78, 5) is 11.2. The van der Waals surface area contributed by atoms with Crippen LogP contribution in [0.5, 0.6) is 0 Å². The van der Waals surface area contributed by atoms with Gasteiger partial charge in [-0.2, -0.15) is 0 Å². The average Bonchev–Trinajstić information content (AvgIpc) is 2.37. The number of aliphatic carboxylic acids is 1. The predicted molar refractivity (Wildman–Crippen MR) is 43.6 cm³/mol. The van der Waals surface area contributed by atoms with Crippen LogP contribution in [0, 0.1) is 23.2 Å². The second-order valence-electron chi connectivity index (χ2n) is 5.01. The van der Waals surface area contributed by atoms with Crippen molar-refractivity contribution < 1.29 is 9.90 Å². The minimum Gasteiger partial charge on any atom is -0.481 e. The molecule has 0 spiro atoms. The molecule has 0 heterocycles. The largest absolute Gasteiger partial charge is 0.481 e. The molecule has 0 radical (unpaired) electrons. The molecule has 1 N–H and O–H groups in total. The Morgan fingerprint density at radius 2 is 1.75 bits per heavy atom. The van der Waals surface area contributed by atoms with Crippen LogP contribution in [0.15, 0.2) is 0 Å². The summed E-state index contributed by atoms with van der Waals surface area (Å²) in [6.07, 6.45) is 5.73. The zero-order chi connectivity index (χ0) is 8.34. The lowest BCUT2D eigenvalue weighted by Crippen LogP contribution is -2.32. The van der Waals surface area contributed by atoms with Crippen molar-refractivity contribution in [1.29, 1.82) is 0 Å². The van der Waals surface area contributed by atoms with Crippen LogP contribution >= 0.6 is 0 Å². The number of carboxylic acid groups (broad SMARTS) is 1. The van der Waals surface area contributed by atoms with E-state index in [1.54, 1.807) is 0 Å². The molecule has 0 aromatic heterocycles. The number of hydrogen-bond donors (Lipinski definition) is 1. The predicted octanol–water partition coefficient (Wildman–Crippen LogP) is 1.90. The third kappa shape index (κ3) is 0.606. The van der Waals surface area contributed by atoms with Crippen LogP contribution in [0.4, 0.5) is 0 Å². The van der Waals surface area contributed by atoms with Crippen LogP contribution in [0.25, 0.3) is 0 Å². The highest BCUT2D eigenvalue weighted by atomic mass is 16.4. The minimum atomic E-state index is -0.503. The molecule has 12 heavy (non-hydrogen) atoms. The molecular formula is C10H14O2. The van der Waals surface area contributed by atoms with Crippen LogP contribution in [-0.4, -0.2) is 11.1 Å². The van der Waals surface area contributed by atoms with Crippen molar-refractivity contribution in [1.82, 2.24) is 0 Å². The van der Waals surface area contributed by atoms with Crippen molar-refractivity contribution in [2.45, 2.75) is 32.1 Å². The molecule has 2 nitrogen and oxygen atoms in total. The number of hydrogen-bond acceptors (Lipinski definition) is 1. The summed E-state index contributed by atoms with van der Waals surface area (Å²) in [7, 11) is 0. The van der Waals surface area contributed by atoms with Crippen LogP contribution in [0.2, 0.25) is 0 Å². The Hall–Kier alpha value is -0.530. The summed E-state index contributed by atoms with van der Waals surface area (Å²) in [6, 6.07) is 0. The smallest absolute Gasteiger partial charge is 0.309 e. The van der Waals surface area contributed by atoms with E-state index in [0.717, 1.165) is 24.7 Å². The highest BCUT2D eigenvalue weighted by molar-refractivity contribution is 5.76. The van der Waals surface area contributed by atoms with Crippen LogP contribution in [0.3, 0.4) is 0 Å². The van der Waals surface area contributed by atoms with Gasteiger partial charge in [0.25, 0.3) is 0 Å². The molecule has 2 atom stereocenters. The van der Waals surface area contributed by atoms with E-state index < -0.39 is 5.97 Å². The van der Waals surface area contributed by atoms with Gasteiger partial charge in [-0.15, -0.1) is 0 Å². The van der Waals surface area contributed by atoms with E-state index in [1.807, 2.05) is 0 Å². The molecule has 0 unspecified atom stereocenters. The Bertz CT molecular complexity index is 232. The van der Waals surface area contributed by atoms with Gasteiger partial charge in [0, 0.05) is 0 Å². The van der Waals surface area contributed by atoms with E-state index in [0.29, 0.717) is 5.92 Å². The number of carbonyl (C=O) groups is 1. The van der Waals surface area contributed by atoms with Crippen molar-refractivity contribution in [2.24, 2.45) is 23.2 Å². The van der Waals surface area contributed by atoms with Gasteiger partial charge in [0.05, 0.1) is 5.41 Å². The van der Waals surface area contributed by atoms with Gasteiger partial charge in [0.15, 0.2) is 0 Å². The Morgan fingerprint density at radius 1 is 1.17 bits per heavy atom. The van der Waals surface area contributed by atoms with Crippen molar-refractivity contribution in [3.05, 3.63) is 0 Å². The molecule has 2 heteroatoms. The zero-order valence-electron chi connectivity index (χ0n) is 7.12. The molecule has 0 saturated heterocycles. The molecule has 66 valence electrons. The fourth-order valence-electron chi connectivity index (χ4n) is 4.15. The Morgan fingerprint density at radius 3 is 2.17 bits per heavy atom. The Labute approximate surface area is 72.0 Å². The van der Waals surface area contributed by atoms with Crippen molar-refractivity contribution >= 4 is 5.97 Å². The van der Waals surface area contributed by atoms with Gasteiger partial charge in [0.2, 0.25) is 0 Å². The first kappa shape index (κ1) is 6.93. The van der Waals surface area contributed by atoms with Gasteiger partial charge in [-0.3, -0.25) is 4.79 Å². The summed E-state index contributed by atoms with van der Waals surface area (Å²) in [6.45, 7) is 0. The highest BCUT2D eigenvalue weighted by Gasteiger charge is 2.61. The van der Waals surface area contributed by atoms with Gasteiger partial charge < -0.3 is 5.11 Å². The Kier molecular flexibility index (Phi) is 1.07. The van der Waals surface area contributed by atoms with Crippen LogP contribution in [-0.2, 0) is 4.79 Å².